The van der Waals surface area contributed by atoms with Crippen molar-refractivity contribution >= 4 is 15.8 Å². The lowest BCUT2D eigenvalue weighted by atomic mass is 9.68. The zero-order valence-electron chi connectivity index (χ0n) is 12.6. The summed E-state index contributed by atoms with van der Waals surface area (Å²) in [5.41, 5.74) is 6.13. The Hall–Kier alpha value is -1.08. The molecule has 21 heavy (non-hydrogen) atoms. The third-order valence-corrected chi connectivity index (χ3v) is 7.05. The van der Waals surface area contributed by atoms with Crippen LogP contribution < -0.4 is 5.73 Å². The van der Waals surface area contributed by atoms with E-state index >= 15 is 0 Å². The molecule has 3 rings (SSSR count). The maximum atomic E-state index is 12.7. The predicted octanol–water partition coefficient (Wildman–Crippen LogP) is 1.74. The molecule has 0 amide bonds. The summed E-state index contributed by atoms with van der Waals surface area (Å²) in [5, 5.41) is 3.94. The van der Waals surface area contributed by atoms with Gasteiger partial charge in [0.05, 0.1) is 0 Å². The third-order valence-electron chi connectivity index (χ3n) is 5.14. The Balaban J connectivity index is 1.75. The number of hydrogen-bond donors (Lipinski definition) is 1. The number of hydrogen-bond acceptors (Lipinski definition) is 4. The molecule has 1 saturated heterocycles. The maximum absolute atomic E-state index is 12.7. The normalized spacial score (nSPS) is 23.5. The van der Waals surface area contributed by atoms with Crippen LogP contribution in [-0.2, 0) is 17.1 Å². The van der Waals surface area contributed by atoms with E-state index in [1.165, 1.54) is 43.0 Å². The van der Waals surface area contributed by atoms with Crippen molar-refractivity contribution in [3.05, 3.63) is 6.20 Å². The first-order valence-corrected chi connectivity index (χ1v) is 9.16. The molecule has 0 radical (unpaired) electrons. The van der Waals surface area contributed by atoms with Gasteiger partial charge >= 0.3 is 0 Å². The van der Waals surface area contributed by atoms with Crippen molar-refractivity contribution in [3.8, 4) is 0 Å². The molecular formula is C14H24N4O2S. The number of rotatable bonds is 2. The fourth-order valence-electron chi connectivity index (χ4n) is 3.82. The topological polar surface area (TPSA) is 81.2 Å². The smallest absolute Gasteiger partial charge is 0.248 e. The molecule has 1 aliphatic carbocycles. The zero-order valence-corrected chi connectivity index (χ0v) is 13.4. The highest BCUT2D eigenvalue weighted by molar-refractivity contribution is 7.89. The van der Waals surface area contributed by atoms with Gasteiger partial charge in [0, 0.05) is 26.3 Å². The average Bonchev–Trinajstić information content (AvgIpc) is 2.80. The Morgan fingerprint density at radius 1 is 1.14 bits per heavy atom. The minimum atomic E-state index is -3.50. The van der Waals surface area contributed by atoms with Crippen LogP contribution in [0.5, 0.6) is 0 Å². The Morgan fingerprint density at radius 2 is 1.76 bits per heavy atom. The molecule has 1 aliphatic heterocycles. The quantitative estimate of drug-likeness (QED) is 0.902. The Labute approximate surface area is 126 Å². The lowest BCUT2D eigenvalue weighted by molar-refractivity contribution is 0.102. The summed E-state index contributed by atoms with van der Waals surface area (Å²) in [6, 6.07) is 0. The van der Waals surface area contributed by atoms with Gasteiger partial charge < -0.3 is 5.73 Å². The van der Waals surface area contributed by atoms with E-state index in [0.29, 0.717) is 18.5 Å². The van der Waals surface area contributed by atoms with Gasteiger partial charge in [-0.1, -0.05) is 19.3 Å². The molecular weight excluding hydrogens is 288 g/mol. The Morgan fingerprint density at radius 3 is 2.29 bits per heavy atom. The van der Waals surface area contributed by atoms with Crippen LogP contribution in [0.15, 0.2) is 11.1 Å². The SMILES string of the molecule is Cn1cc(S(=O)(=O)N2CCC3(CCCCC3)CC2)c(N)n1. The van der Waals surface area contributed by atoms with Gasteiger partial charge in [-0.25, -0.2) is 8.42 Å². The van der Waals surface area contributed by atoms with Crippen molar-refractivity contribution in [1.82, 2.24) is 14.1 Å². The molecule has 0 aromatic carbocycles. The van der Waals surface area contributed by atoms with E-state index in [4.69, 9.17) is 5.73 Å². The van der Waals surface area contributed by atoms with Crippen LogP contribution in [-0.4, -0.2) is 35.6 Å². The number of aryl methyl sites for hydroxylation is 1. The molecule has 1 aromatic rings. The fourth-order valence-corrected chi connectivity index (χ4v) is 5.36. The van der Waals surface area contributed by atoms with Gasteiger partial charge in [0.1, 0.15) is 4.90 Å². The lowest BCUT2D eigenvalue weighted by Gasteiger charge is -2.43. The third kappa shape index (κ3) is 2.68. The van der Waals surface area contributed by atoms with Crippen molar-refractivity contribution in [2.75, 3.05) is 18.8 Å². The molecule has 2 fully saturated rings. The van der Waals surface area contributed by atoms with Gasteiger partial charge in [-0.05, 0) is 31.1 Å². The number of anilines is 1. The van der Waals surface area contributed by atoms with E-state index in [-0.39, 0.29) is 10.7 Å². The predicted molar refractivity (Wildman–Crippen MR) is 81.1 cm³/mol. The summed E-state index contributed by atoms with van der Waals surface area (Å²) in [6.07, 6.45) is 9.89. The minimum Gasteiger partial charge on any atom is -0.381 e. The van der Waals surface area contributed by atoms with Crippen molar-refractivity contribution in [3.63, 3.8) is 0 Å². The Bertz CT molecular complexity index is 607. The lowest BCUT2D eigenvalue weighted by Crippen LogP contribution is -2.43. The Kier molecular flexibility index (Phi) is 3.73. The first kappa shape index (κ1) is 14.8. The molecule has 2 heterocycles. The average molecular weight is 312 g/mol. The highest BCUT2D eigenvalue weighted by Crippen LogP contribution is 2.45. The summed E-state index contributed by atoms with van der Waals surface area (Å²) in [7, 11) is -1.82. The summed E-state index contributed by atoms with van der Waals surface area (Å²) in [6.45, 7) is 1.22. The summed E-state index contributed by atoms with van der Waals surface area (Å²) in [5.74, 6) is 0.0930. The van der Waals surface area contributed by atoms with Gasteiger partial charge in [-0.3, -0.25) is 4.68 Å². The molecule has 1 spiro atoms. The van der Waals surface area contributed by atoms with Gasteiger partial charge in [-0.2, -0.15) is 9.40 Å². The van der Waals surface area contributed by atoms with Crippen molar-refractivity contribution in [1.29, 1.82) is 0 Å². The second kappa shape index (κ2) is 5.28. The number of nitrogens with two attached hydrogens (primary N) is 1. The number of nitrogens with zero attached hydrogens (tertiary/aromatic N) is 3. The fraction of sp³-hybridized carbons (Fsp3) is 0.786. The van der Waals surface area contributed by atoms with E-state index in [0.717, 1.165) is 12.8 Å². The summed E-state index contributed by atoms with van der Waals surface area (Å²) >= 11 is 0. The molecule has 0 atom stereocenters. The first-order chi connectivity index (χ1) is 9.93. The molecule has 6 nitrogen and oxygen atoms in total. The van der Waals surface area contributed by atoms with Gasteiger partial charge in [0.2, 0.25) is 10.0 Å². The largest absolute Gasteiger partial charge is 0.381 e. The van der Waals surface area contributed by atoms with Gasteiger partial charge in [0.25, 0.3) is 0 Å². The second-order valence-electron chi connectivity index (χ2n) is 6.52. The van der Waals surface area contributed by atoms with Crippen molar-refractivity contribution in [2.24, 2.45) is 12.5 Å². The monoisotopic (exact) mass is 312 g/mol. The van der Waals surface area contributed by atoms with E-state index in [1.807, 2.05) is 0 Å². The summed E-state index contributed by atoms with van der Waals surface area (Å²) < 4.78 is 28.4. The van der Waals surface area contributed by atoms with Crippen LogP contribution in [0.2, 0.25) is 0 Å². The number of aromatic nitrogens is 2. The molecule has 7 heteroatoms. The molecule has 1 saturated carbocycles. The van der Waals surface area contributed by atoms with Crippen LogP contribution >= 0.6 is 0 Å². The van der Waals surface area contributed by atoms with Crippen LogP contribution in [0, 0.1) is 5.41 Å². The zero-order chi connectivity index (χ0) is 15.1. The standard InChI is InChI=1S/C14H24N4O2S/c1-17-11-12(13(15)16-17)21(19,20)18-9-7-14(8-10-18)5-3-2-4-6-14/h11H,2-10H2,1H3,(H2,15,16). The van der Waals surface area contributed by atoms with E-state index in [9.17, 15) is 8.42 Å². The number of piperidine rings is 1. The molecule has 118 valence electrons. The molecule has 2 N–H and O–H groups in total. The van der Waals surface area contributed by atoms with Gasteiger partial charge in [-0.15, -0.1) is 0 Å². The van der Waals surface area contributed by atoms with Crippen LogP contribution in [0.4, 0.5) is 5.82 Å². The van der Waals surface area contributed by atoms with Crippen molar-refractivity contribution in [2.45, 2.75) is 49.8 Å². The number of sulfonamides is 1. The highest BCUT2D eigenvalue weighted by atomic mass is 32.2. The molecule has 0 bridgehead atoms. The first-order valence-electron chi connectivity index (χ1n) is 7.72. The minimum absolute atomic E-state index is 0.0930. The molecule has 1 aromatic heterocycles. The summed E-state index contributed by atoms with van der Waals surface area (Å²) in [4.78, 5) is 0.143. The van der Waals surface area contributed by atoms with E-state index in [1.54, 1.807) is 11.4 Å². The van der Waals surface area contributed by atoms with Crippen LogP contribution in [0.25, 0.3) is 0 Å². The van der Waals surface area contributed by atoms with Crippen LogP contribution in [0.3, 0.4) is 0 Å². The van der Waals surface area contributed by atoms with E-state index in [2.05, 4.69) is 5.10 Å². The van der Waals surface area contributed by atoms with Gasteiger partial charge in [0.15, 0.2) is 5.82 Å². The molecule has 0 unspecified atom stereocenters. The van der Waals surface area contributed by atoms with E-state index < -0.39 is 10.0 Å². The number of nitrogen functional groups attached to an aromatic ring is 1. The highest BCUT2D eigenvalue weighted by Gasteiger charge is 2.39. The molecule has 2 aliphatic rings. The maximum Gasteiger partial charge on any atom is 0.248 e. The second-order valence-corrected chi connectivity index (χ2v) is 8.42. The van der Waals surface area contributed by atoms with Crippen LogP contribution in [0.1, 0.15) is 44.9 Å². The van der Waals surface area contributed by atoms with Crippen molar-refractivity contribution < 1.29 is 8.42 Å².